The van der Waals surface area contributed by atoms with Crippen molar-refractivity contribution in [3.05, 3.63) is 23.9 Å². The summed E-state index contributed by atoms with van der Waals surface area (Å²) >= 11 is 0. The Hall–Kier alpha value is -0.650. The van der Waals surface area contributed by atoms with E-state index < -0.39 is 0 Å². The maximum atomic E-state index is 4.04. The van der Waals surface area contributed by atoms with Crippen molar-refractivity contribution < 1.29 is 12.4 Å². The van der Waals surface area contributed by atoms with Gasteiger partial charge in [0.1, 0.15) is 11.8 Å². The minimum Gasteiger partial charge on any atom is -1.00 e. The summed E-state index contributed by atoms with van der Waals surface area (Å²) in [5.74, 6) is 0. The highest BCUT2D eigenvalue weighted by Gasteiger charge is 2.04. The van der Waals surface area contributed by atoms with Gasteiger partial charge in [-0.2, -0.15) is 0 Å². The van der Waals surface area contributed by atoms with Crippen LogP contribution in [-0.2, 0) is 0 Å². The maximum absolute atomic E-state index is 4.04. The first kappa shape index (κ1) is 22.4. The number of aliphatic imine (C=N–C) groups is 1. The fraction of sp³-hybridized carbons (Fsp3) is 0.762. The molecule has 23 heavy (non-hydrogen) atoms. The molecule has 0 saturated carbocycles. The van der Waals surface area contributed by atoms with Crippen molar-refractivity contribution in [3.63, 3.8) is 0 Å². The van der Waals surface area contributed by atoms with Crippen molar-refractivity contribution in [1.29, 1.82) is 0 Å². The molecule has 0 atom stereocenters. The molecule has 1 aliphatic rings. The van der Waals surface area contributed by atoms with E-state index in [1.165, 1.54) is 95.5 Å². The van der Waals surface area contributed by atoms with Crippen molar-refractivity contribution >= 4 is 6.21 Å². The van der Waals surface area contributed by atoms with Crippen molar-refractivity contribution in [2.24, 2.45) is 4.99 Å². The van der Waals surface area contributed by atoms with E-state index in [1.807, 2.05) is 6.08 Å². The second kappa shape index (κ2) is 17.7. The maximum Gasteiger partial charge on any atom is 0.159 e. The molecular weight excluding hydrogens is 302 g/mol. The molecule has 1 nitrogen and oxygen atoms in total. The largest absolute Gasteiger partial charge is 1.00 e. The first-order valence-electron chi connectivity index (χ1n) is 9.75. The molecule has 132 valence electrons. The summed E-state index contributed by atoms with van der Waals surface area (Å²) in [6.07, 6.45) is 30.1. The van der Waals surface area contributed by atoms with Gasteiger partial charge in [0.15, 0.2) is 6.21 Å². The van der Waals surface area contributed by atoms with Gasteiger partial charge in [0.2, 0.25) is 0 Å². The van der Waals surface area contributed by atoms with Gasteiger partial charge in [-0.05, 0) is 6.42 Å². The zero-order valence-corrected chi connectivity index (χ0v) is 15.9. The van der Waals surface area contributed by atoms with Gasteiger partial charge in [-0.15, -0.1) is 0 Å². The second-order valence-corrected chi connectivity index (χ2v) is 6.62. The minimum absolute atomic E-state index is 0. The topological polar surface area (TPSA) is 12.4 Å². The summed E-state index contributed by atoms with van der Waals surface area (Å²) in [4.78, 5) is 4.04. The lowest BCUT2D eigenvalue weighted by atomic mass is 10.0. The first-order valence-corrected chi connectivity index (χ1v) is 9.75. The van der Waals surface area contributed by atoms with Crippen LogP contribution >= 0.6 is 0 Å². The Morgan fingerprint density at radius 2 is 1.22 bits per heavy atom. The Kier molecular flexibility index (Phi) is 17.2. The normalized spacial score (nSPS) is 12.7. The van der Waals surface area contributed by atoms with Crippen LogP contribution in [0.5, 0.6) is 0 Å². The van der Waals surface area contributed by atoms with E-state index >= 15 is 0 Å². The molecule has 0 aromatic carbocycles. The lowest BCUT2D eigenvalue weighted by Crippen LogP contribution is -3.00. The Balaban J connectivity index is 0.00000484. The monoisotopic (exact) mass is 337 g/mol. The number of hydrogen-bond donors (Lipinski definition) is 0. The van der Waals surface area contributed by atoms with E-state index in [4.69, 9.17) is 0 Å². The molecule has 0 bridgehead atoms. The van der Waals surface area contributed by atoms with E-state index in [0.29, 0.717) is 0 Å². The molecule has 1 aliphatic heterocycles. The van der Waals surface area contributed by atoms with E-state index in [9.17, 15) is 0 Å². The SMILES string of the molecule is CCCCCCCCCCCCCCCCC1=CC=CN=[C+]1.[Cl-]. The van der Waals surface area contributed by atoms with Crippen molar-refractivity contribution in [2.75, 3.05) is 0 Å². The van der Waals surface area contributed by atoms with Crippen LogP contribution in [0.4, 0.5) is 0 Å². The highest BCUT2D eigenvalue weighted by molar-refractivity contribution is 5.80. The summed E-state index contributed by atoms with van der Waals surface area (Å²) in [6, 6.07) is 0. The van der Waals surface area contributed by atoms with Crippen LogP contribution in [0.1, 0.15) is 103 Å². The number of rotatable bonds is 15. The van der Waals surface area contributed by atoms with Crippen LogP contribution in [0.2, 0.25) is 0 Å². The Labute approximate surface area is 151 Å². The highest BCUT2D eigenvalue weighted by Crippen LogP contribution is 2.14. The molecule has 0 unspecified atom stereocenters. The molecular formula is C21H36ClN. The van der Waals surface area contributed by atoms with Crippen molar-refractivity contribution in [3.8, 4) is 0 Å². The van der Waals surface area contributed by atoms with E-state index in [1.54, 1.807) is 6.20 Å². The molecule has 0 fully saturated rings. The molecule has 0 amide bonds. The predicted octanol–water partition coefficient (Wildman–Crippen LogP) is 4.26. The van der Waals surface area contributed by atoms with Gasteiger partial charge < -0.3 is 12.4 Å². The molecule has 0 aromatic heterocycles. The number of hydrogen-bond acceptors (Lipinski definition) is 1. The van der Waals surface area contributed by atoms with Gasteiger partial charge >= 0.3 is 0 Å². The highest BCUT2D eigenvalue weighted by atomic mass is 35.5. The van der Waals surface area contributed by atoms with E-state index in [-0.39, 0.29) is 12.4 Å². The summed E-state index contributed by atoms with van der Waals surface area (Å²) in [6.45, 7) is 2.29. The zero-order valence-electron chi connectivity index (χ0n) is 15.2. The van der Waals surface area contributed by atoms with Crippen LogP contribution in [0.25, 0.3) is 0 Å². The molecule has 0 spiro atoms. The van der Waals surface area contributed by atoms with Crippen molar-refractivity contribution in [2.45, 2.75) is 103 Å². The molecule has 0 radical (unpaired) electrons. The van der Waals surface area contributed by atoms with Gasteiger partial charge in [-0.3, -0.25) is 0 Å². The minimum atomic E-state index is 0. The van der Waals surface area contributed by atoms with Crippen LogP contribution < -0.4 is 12.4 Å². The summed E-state index contributed by atoms with van der Waals surface area (Å²) in [5, 5.41) is 0. The third-order valence-corrected chi connectivity index (χ3v) is 4.47. The van der Waals surface area contributed by atoms with Gasteiger partial charge in [0, 0.05) is 6.42 Å². The Morgan fingerprint density at radius 3 is 1.65 bits per heavy atom. The van der Waals surface area contributed by atoms with E-state index in [0.717, 1.165) is 6.42 Å². The molecule has 0 aliphatic carbocycles. The Bertz CT molecular complexity index is 331. The molecule has 2 heteroatoms. The lowest BCUT2D eigenvalue weighted by molar-refractivity contribution is -0.00000476. The number of unbranched alkanes of at least 4 members (excludes halogenated alkanes) is 13. The zero-order chi connectivity index (χ0) is 15.7. The average molecular weight is 338 g/mol. The molecule has 1 heterocycles. The van der Waals surface area contributed by atoms with Crippen molar-refractivity contribution in [1.82, 2.24) is 0 Å². The summed E-state index contributed by atoms with van der Waals surface area (Å²) in [5.41, 5.74) is 1.27. The molecule has 0 saturated heterocycles. The third kappa shape index (κ3) is 14.7. The number of allylic oxidation sites excluding steroid dienone is 3. The summed E-state index contributed by atoms with van der Waals surface area (Å²) < 4.78 is 0. The quantitative estimate of drug-likeness (QED) is 0.313. The van der Waals surface area contributed by atoms with Gasteiger partial charge in [0.25, 0.3) is 0 Å². The first-order chi connectivity index (χ1) is 10.9. The fourth-order valence-corrected chi connectivity index (χ4v) is 3.01. The average Bonchev–Trinajstić information content (AvgIpc) is 2.56. The van der Waals surface area contributed by atoms with Gasteiger partial charge in [0.05, 0.1) is 12.2 Å². The van der Waals surface area contributed by atoms with Crippen LogP contribution in [0, 0.1) is 0 Å². The summed E-state index contributed by atoms with van der Waals surface area (Å²) in [7, 11) is 0. The lowest BCUT2D eigenvalue weighted by Gasteiger charge is -2.03. The Morgan fingerprint density at radius 1 is 0.739 bits per heavy atom. The predicted molar refractivity (Wildman–Crippen MR) is 99.6 cm³/mol. The van der Waals surface area contributed by atoms with Crippen LogP contribution in [0.3, 0.4) is 0 Å². The standard InChI is InChI=1S/C21H36N.ClH/c1-2-3-4-5-6-7-8-9-10-11-12-13-14-15-17-21-18-16-19-22-20-21;/h16,18-19H,2-15,17H2,1H3;1H/q+1;/p-1. The molecule has 0 aromatic rings. The van der Waals surface area contributed by atoms with E-state index in [2.05, 4.69) is 24.2 Å². The fourth-order valence-electron chi connectivity index (χ4n) is 3.01. The van der Waals surface area contributed by atoms with Crippen LogP contribution in [-0.4, -0.2) is 6.21 Å². The number of halogens is 1. The third-order valence-electron chi connectivity index (χ3n) is 4.47. The molecule has 0 N–H and O–H groups in total. The number of nitrogens with zero attached hydrogens (tertiary/aromatic N) is 1. The van der Waals surface area contributed by atoms with Crippen LogP contribution in [0.15, 0.2) is 28.9 Å². The smallest absolute Gasteiger partial charge is 0.159 e. The second-order valence-electron chi connectivity index (χ2n) is 6.62. The van der Waals surface area contributed by atoms with Gasteiger partial charge in [-0.25, -0.2) is 0 Å². The molecule has 1 rings (SSSR count). The van der Waals surface area contributed by atoms with Gasteiger partial charge in [-0.1, -0.05) is 95.4 Å².